The zero-order valence-electron chi connectivity index (χ0n) is 15.4. The summed E-state index contributed by atoms with van der Waals surface area (Å²) in [5, 5.41) is 0. The van der Waals surface area contributed by atoms with Crippen molar-refractivity contribution >= 4 is 0 Å². The van der Waals surface area contributed by atoms with Gasteiger partial charge in [0, 0.05) is 0 Å². The molecule has 0 amide bonds. The third-order valence-corrected chi connectivity index (χ3v) is 10.1. The van der Waals surface area contributed by atoms with E-state index in [9.17, 15) is 0 Å². The molecule has 130 valence electrons. The van der Waals surface area contributed by atoms with Gasteiger partial charge in [-0.15, -0.1) is 0 Å². The molecule has 0 radical (unpaired) electrons. The van der Waals surface area contributed by atoms with Gasteiger partial charge in [-0.3, -0.25) is 0 Å². The normalized spacial score (nSPS) is 56.0. The molecule has 0 heteroatoms. The van der Waals surface area contributed by atoms with Gasteiger partial charge >= 0.3 is 0 Å². The molecule has 0 saturated heterocycles. The van der Waals surface area contributed by atoms with Gasteiger partial charge in [0.2, 0.25) is 0 Å². The molecule has 6 aliphatic rings. The predicted molar refractivity (Wildman–Crippen MR) is 101 cm³/mol. The van der Waals surface area contributed by atoms with Gasteiger partial charge in [-0.25, -0.2) is 0 Å². The minimum atomic E-state index is 0.908. The van der Waals surface area contributed by atoms with Gasteiger partial charge in [-0.05, 0) is 108 Å². The maximum Gasteiger partial charge on any atom is -0.00937 e. The van der Waals surface area contributed by atoms with Crippen LogP contribution >= 0.6 is 0 Å². The van der Waals surface area contributed by atoms with Crippen molar-refractivity contribution in [3.8, 4) is 0 Å². The Bertz CT molecular complexity index is 759. The summed E-state index contributed by atoms with van der Waals surface area (Å²) in [6, 6.07) is 9.51. The molecule has 4 fully saturated rings. The Balaban J connectivity index is 1.30. The van der Waals surface area contributed by atoms with Gasteiger partial charge in [0.25, 0.3) is 0 Å². The SMILES string of the molecule is CCC1C=CCC2C3CC(C12)C1C2CC(C4c5ccccc5CC24)C31. The Labute approximate surface area is 152 Å². The van der Waals surface area contributed by atoms with Crippen molar-refractivity contribution in [3.63, 3.8) is 0 Å². The van der Waals surface area contributed by atoms with E-state index >= 15 is 0 Å². The molecule has 0 heterocycles. The highest BCUT2D eigenvalue weighted by molar-refractivity contribution is 5.41. The zero-order valence-corrected chi connectivity index (χ0v) is 15.4. The quantitative estimate of drug-likeness (QED) is 0.458. The lowest BCUT2D eigenvalue weighted by Crippen LogP contribution is -2.44. The molecule has 4 saturated carbocycles. The van der Waals surface area contributed by atoms with E-state index in [1.807, 2.05) is 0 Å². The van der Waals surface area contributed by atoms with Crippen LogP contribution in [0, 0.1) is 59.2 Å². The van der Waals surface area contributed by atoms with Gasteiger partial charge < -0.3 is 0 Å². The molecule has 4 bridgehead atoms. The van der Waals surface area contributed by atoms with E-state index in [4.69, 9.17) is 0 Å². The average Bonchev–Trinajstić information content (AvgIpc) is 3.41. The Morgan fingerprint density at radius 2 is 1.64 bits per heavy atom. The van der Waals surface area contributed by atoms with Gasteiger partial charge in [0.05, 0.1) is 0 Å². The van der Waals surface area contributed by atoms with Crippen molar-refractivity contribution in [2.24, 2.45) is 59.2 Å². The third-order valence-electron chi connectivity index (χ3n) is 10.1. The molecule has 7 rings (SSSR count). The first kappa shape index (κ1) is 14.1. The first-order valence-electron chi connectivity index (χ1n) is 11.1. The van der Waals surface area contributed by atoms with Crippen molar-refractivity contribution in [1.82, 2.24) is 0 Å². The van der Waals surface area contributed by atoms with Crippen LogP contribution in [0.1, 0.15) is 49.7 Å². The number of rotatable bonds is 1. The van der Waals surface area contributed by atoms with Crippen LogP contribution in [-0.2, 0) is 6.42 Å². The number of benzene rings is 1. The van der Waals surface area contributed by atoms with E-state index in [1.54, 1.807) is 24.0 Å². The van der Waals surface area contributed by atoms with Gasteiger partial charge in [0.15, 0.2) is 0 Å². The fourth-order valence-corrected chi connectivity index (χ4v) is 9.89. The van der Waals surface area contributed by atoms with Crippen molar-refractivity contribution in [1.29, 1.82) is 0 Å². The maximum absolute atomic E-state index is 2.61. The summed E-state index contributed by atoms with van der Waals surface area (Å²) in [4.78, 5) is 0. The third kappa shape index (κ3) is 1.50. The molecular weight excluding hydrogens is 300 g/mol. The van der Waals surface area contributed by atoms with Crippen molar-refractivity contribution in [2.75, 3.05) is 0 Å². The second-order valence-corrected chi connectivity index (χ2v) is 10.4. The predicted octanol–water partition coefficient (Wildman–Crippen LogP) is 5.69. The van der Waals surface area contributed by atoms with Crippen LogP contribution < -0.4 is 0 Å². The topological polar surface area (TPSA) is 0 Å². The fourth-order valence-electron chi connectivity index (χ4n) is 9.89. The van der Waals surface area contributed by atoms with E-state index in [1.165, 1.54) is 19.3 Å². The van der Waals surface area contributed by atoms with Crippen molar-refractivity contribution in [2.45, 2.75) is 44.9 Å². The fraction of sp³-hybridized carbons (Fsp3) is 0.680. The standard InChI is InChI=1S/C25H30/c1-2-13-7-5-9-16-18-11-20(22(13)16)25-19-12-21(24(18)25)23-15-8-4-3-6-14(15)10-17(19)23/h3-8,13,16-25H,2,9-12H2,1H3. The van der Waals surface area contributed by atoms with Gasteiger partial charge in [-0.2, -0.15) is 0 Å². The van der Waals surface area contributed by atoms with Crippen LogP contribution in [0.2, 0.25) is 0 Å². The summed E-state index contributed by atoms with van der Waals surface area (Å²) in [7, 11) is 0. The smallest absolute Gasteiger partial charge is 0.00937 e. The van der Waals surface area contributed by atoms with Crippen LogP contribution in [0.3, 0.4) is 0 Å². The largest absolute Gasteiger partial charge is 0.0880 e. The van der Waals surface area contributed by atoms with Crippen molar-refractivity contribution in [3.05, 3.63) is 47.5 Å². The molecule has 0 spiro atoms. The Kier molecular flexibility index (Phi) is 2.60. The monoisotopic (exact) mass is 330 g/mol. The summed E-state index contributed by atoms with van der Waals surface area (Å²) in [6.45, 7) is 2.44. The van der Waals surface area contributed by atoms with Crippen LogP contribution in [0.5, 0.6) is 0 Å². The molecule has 0 aromatic heterocycles. The highest BCUT2D eigenvalue weighted by Gasteiger charge is 2.70. The number of hydrogen-bond acceptors (Lipinski definition) is 0. The second-order valence-electron chi connectivity index (χ2n) is 10.4. The molecule has 11 unspecified atom stereocenters. The lowest BCUT2D eigenvalue weighted by Gasteiger charge is -2.49. The summed E-state index contributed by atoms with van der Waals surface area (Å²) in [5.74, 6) is 11.5. The Hall–Kier alpha value is -1.04. The Morgan fingerprint density at radius 3 is 2.56 bits per heavy atom. The molecule has 6 aliphatic carbocycles. The summed E-state index contributed by atoms with van der Waals surface area (Å²) < 4.78 is 0. The van der Waals surface area contributed by atoms with Crippen LogP contribution in [0.25, 0.3) is 0 Å². The molecule has 0 nitrogen and oxygen atoms in total. The number of fused-ring (bicyclic) bond motifs is 17. The minimum Gasteiger partial charge on any atom is -0.0880 e. The molecule has 1 aromatic rings. The molecule has 11 atom stereocenters. The number of allylic oxidation sites excluding steroid dienone is 2. The highest BCUT2D eigenvalue weighted by atomic mass is 14.7. The molecular formula is C25H30. The second kappa shape index (κ2) is 4.62. The van der Waals surface area contributed by atoms with Crippen molar-refractivity contribution < 1.29 is 0 Å². The Morgan fingerprint density at radius 1 is 0.840 bits per heavy atom. The zero-order chi connectivity index (χ0) is 16.3. The van der Waals surface area contributed by atoms with E-state index < -0.39 is 0 Å². The summed E-state index contributed by atoms with van der Waals surface area (Å²) in [6.07, 6.45) is 12.6. The molecule has 25 heavy (non-hydrogen) atoms. The van der Waals surface area contributed by atoms with Crippen LogP contribution in [0.4, 0.5) is 0 Å². The average molecular weight is 331 g/mol. The lowest BCUT2D eigenvalue weighted by molar-refractivity contribution is 0.00827. The molecule has 1 aromatic carbocycles. The van der Waals surface area contributed by atoms with Gasteiger partial charge in [-0.1, -0.05) is 43.3 Å². The maximum atomic E-state index is 2.61. The van der Waals surface area contributed by atoms with E-state index in [0.29, 0.717) is 0 Å². The molecule has 0 aliphatic heterocycles. The first-order chi connectivity index (χ1) is 12.4. The van der Waals surface area contributed by atoms with E-state index in [2.05, 4.69) is 43.3 Å². The molecule has 0 N–H and O–H groups in total. The lowest BCUT2D eigenvalue weighted by atomic mass is 9.55. The summed E-state index contributed by atoms with van der Waals surface area (Å²) >= 11 is 0. The van der Waals surface area contributed by atoms with Gasteiger partial charge in [0.1, 0.15) is 0 Å². The van der Waals surface area contributed by atoms with Crippen LogP contribution in [-0.4, -0.2) is 0 Å². The minimum absolute atomic E-state index is 0.908. The first-order valence-corrected chi connectivity index (χ1v) is 11.1. The van der Waals surface area contributed by atoms with E-state index in [-0.39, 0.29) is 0 Å². The van der Waals surface area contributed by atoms with Crippen LogP contribution in [0.15, 0.2) is 36.4 Å². The van der Waals surface area contributed by atoms with E-state index in [0.717, 1.165) is 65.1 Å². The summed E-state index contributed by atoms with van der Waals surface area (Å²) in [5.41, 5.74) is 3.48. The highest BCUT2D eigenvalue weighted by Crippen LogP contribution is 2.77. The number of hydrogen-bond donors (Lipinski definition) is 0.